The Bertz CT molecular complexity index is 1280. The standard InChI is InChI=1S/C30H35N3O5/c1-37-21-7-4-18(5-8-21)14-25(35)32-23-10-11-30(36)24-15-20-6-9-22(31-17-34)27-26(20)29(30,28(23)38-27)12-13-33(24)16-19-2-3-19/h4-9,17,19,23-24,28,36H,2-3,10-16H2,1H3,(H,31,34)(H,32,35)/t23?,24-,28?,29+,30-/m1/s1. The summed E-state index contributed by atoms with van der Waals surface area (Å²) in [6, 6.07) is 11.3. The molecule has 8 heteroatoms. The van der Waals surface area contributed by atoms with E-state index in [1.807, 2.05) is 30.3 Å². The molecule has 2 saturated carbocycles. The number of anilines is 1. The number of methoxy groups -OCH3 is 1. The number of ether oxygens (including phenoxy) is 2. The summed E-state index contributed by atoms with van der Waals surface area (Å²) >= 11 is 0. The van der Waals surface area contributed by atoms with E-state index in [4.69, 9.17) is 9.47 Å². The smallest absolute Gasteiger partial charge is 0.224 e. The van der Waals surface area contributed by atoms with Gasteiger partial charge in [-0.3, -0.25) is 14.5 Å². The lowest BCUT2D eigenvalue weighted by molar-refractivity contribution is -0.192. The van der Waals surface area contributed by atoms with Gasteiger partial charge in [0, 0.05) is 18.2 Å². The summed E-state index contributed by atoms with van der Waals surface area (Å²) in [7, 11) is 1.62. The van der Waals surface area contributed by atoms with Crippen LogP contribution in [-0.2, 0) is 27.8 Å². The van der Waals surface area contributed by atoms with Gasteiger partial charge >= 0.3 is 0 Å². The van der Waals surface area contributed by atoms with Crippen molar-refractivity contribution in [2.45, 2.75) is 74.1 Å². The van der Waals surface area contributed by atoms with Crippen molar-refractivity contribution < 1.29 is 24.2 Å². The predicted octanol–water partition coefficient (Wildman–Crippen LogP) is 2.56. The van der Waals surface area contributed by atoms with Crippen LogP contribution in [0.2, 0.25) is 0 Å². The van der Waals surface area contributed by atoms with E-state index < -0.39 is 17.1 Å². The van der Waals surface area contributed by atoms with Crippen molar-refractivity contribution in [1.29, 1.82) is 0 Å². The fourth-order valence-corrected chi connectivity index (χ4v) is 8.01. The van der Waals surface area contributed by atoms with Gasteiger partial charge in [0.1, 0.15) is 17.6 Å². The Balaban J connectivity index is 1.23. The maximum absolute atomic E-state index is 13.2. The molecule has 2 heterocycles. The van der Waals surface area contributed by atoms with Crippen LogP contribution in [-0.4, -0.2) is 66.3 Å². The monoisotopic (exact) mass is 517 g/mol. The maximum Gasteiger partial charge on any atom is 0.224 e. The summed E-state index contributed by atoms with van der Waals surface area (Å²) in [4.78, 5) is 27.2. The van der Waals surface area contributed by atoms with Gasteiger partial charge in [-0.05, 0) is 80.3 Å². The van der Waals surface area contributed by atoms with Crippen LogP contribution in [0.15, 0.2) is 36.4 Å². The third-order valence-corrected chi connectivity index (χ3v) is 9.87. The number of piperidine rings is 1. The van der Waals surface area contributed by atoms with Gasteiger partial charge in [-0.25, -0.2) is 0 Å². The van der Waals surface area contributed by atoms with Crippen LogP contribution in [0, 0.1) is 5.92 Å². The Kier molecular flexibility index (Phi) is 5.50. The quantitative estimate of drug-likeness (QED) is 0.466. The highest BCUT2D eigenvalue weighted by atomic mass is 16.5. The second-order valence-corrected chi connectivity index (χ2v) is 11.8. The third kappa shape index (κ3) is 3.42. The van der Waals surface area contributed by atoms with Gasteiger partial charge in [0.05, 0.1) is 36.3 Å². The molecule has 0 aromatic heterocycles. The minimum absolute atomic E-state index is 0.0298. The van der Waals surface area contributed by atoms with Gasteiger partial charge in [-0.15, -0.1) is 0 Å². The number of nitrogens with zero attached hydrogens (tertiary/aromatic N) is 1. The summed E-state index contributed by atoms with van der Waals surface area (Å²) in [5.41, 5.74) is 2.23. The highest BCUT2D eigenvalue weighted by Crippen LogP contribution is 2.65. The first-order valence-corrected chi connectivity index (χ1v) is 13.9. The average Bonchev–Trinajstić information content (AvgIpc) is 3.66. The highest BCUT2D eigenvalue weighted by Gasteiger charge is 2.73. The summed E-state index contributed by atoms with van der Waals surface area (Å²) in [6.45, 7) is 1.95. The van der Waals surface area contributed by atoms with Crippen LogP contribution in [0.4, 0.5) is 5.69 Å². The zero-order chi connectivity index (χ0) is 26.1. The fraction of sp³-hybridized carbons (Fsp3) is 0.533. The molecule has 2 bridgehead atoms. The lowest BCUT2D eigenvalue weighted by Gasteiger charge is -2.64. The number of benzene rings is 2. The second kappa shape index (κ2) is 8.71. The number of likely N-dealkylation sites (tertiary alicyclic amines) is 1. The molecule has 8 nitrogen and oxygen atoms in total. The molecule has 5 aliphatic rings. The number of rotatable bonds is 8. The Morgan fingerprint density at radius 2 is 2.00 bits per heavy atom. The molecule has 0 radical (unpaired) electrons. The molecule has 2 aromatic carbocycles. The topological polar surface area (TPSA) is 100 Å². The number of aliphatic hydroxyl groups is 1. The molecule has 38 heavy (non-hydrogen) atoms. The Morgan fingerprint density at radius 3 is 2.74 bits per heavy atom. The van der Waals surface area contributed by atoms with Gasteiger partial charge in [0.25, 0.3) is 0 Å². The molecule has 3 fully saturated rings. The molecular formula is C30H35N3O5. The van der Waals surface area contributed by atoms with Gasteiger partial charge in [0.2, 0.25) is 12.3 Å². The van der Waals surface area contributed by atoms with E-state index in [1.54, 1.807) is 7.11 Å². The Hall–Kier alpha value is -3.10. The normalized spacial score (nSPS) is 32.6. The molecule has 5 atom stereocenters. The Labute approximate surface area is 222 Å². The maximum atomic E-state index is 13.2. The van der Waals surface area contributed by atoms with Crippen molar-refractivity contribution in [3.05, 3.63) is 53.1 Å². The molecule has 1 spiro atoms. The lowest BCUT2D eigenvalue weighted by Crippen LogP contribution is -2.78. The number of carbonyl (C=O) groups excluding carboxylic acids is 2. The Morgan fingerprint density at radius 1 is 1.18 bits per heavy atom. The SMILES string of the molecule is COc1ccc(CC(=O)NC2CC[C@@]3(O)[C@H]4Cc5ccc(NC=O)c6c5[C@@]3(CCN4CC3CC3)C2O6)cc1. The van der Waals surface area contributed by atoms with Crippen LogP contribution < -0.4 is 20.1 Å². The van der Waals surface area contributed by atoms with Crippen molar-refractivity contribution in [3.63, 3.8) is 0 Å². The van der Waals surface area contributed by atoms with E-state index in [2.05, 4.69) is 21.6 Å². The first-order valence-electron chi connectivity index (χ1n) is 13.9. The average molecular weight is 518 g/mol. The summed E-state index contributed by atoms with van der Waals surface area (Å²) in [5.74, 6) is 2.11. The van der Waals surface area contributed by atoms with E-state index in [9.17, 15) is 14.7 Å². The van der Waals surface area contributed by atoms with E-state index in [-0.39, 0.29) is 24.4 Å². The minimum Gasteiger partial charge on any atom is -0.497 e. The summed E-state index contributed by atoms with van der Waals surface area (Å²) < 4.78 is 12.0. The number of nitrogens with one attached hydrogen (secondary N) is 2. The van der Waals surface area contributed by atoms with Crippen LogP contribution in [0.25, 0.3) is 0 Å². The van der Waals surface area contributed by atoms with Gasteiger partial charge in [-0.2, -0.15) is 0 Å². The fourth-order valence-electron chi connectivity index (χ4n) is 8.01. The molecule has 7 rings (SSSR count). The largest absolute Gasteiger partial charge is 0.497 e. The van der Waals surface area contributed by atoms with Gasteiger partial charge in [-0.1, -0.05) is 18.2 Å². The number of hydrogen-bond donors (Lipinski definition) is 3. The molecule has 3 N–H and O–H groups in total. The van der Waals surface area contributed by atoms with Crippen LogP contribution >= 0.6 is 0 Å². The van der Waals surface area contributed by atoms with E-state index in [0.29, 0.717) is 30.7 Å². The number of hydrogen-bond acceptors (Lipinski definition) is 6. The van der Waals surface area contributed by atoms with Crippen LogP contribution in [0.1, 0.15) is 48.8 Å². The lowest BCUT2D eigenvalue weighted by atomic mass is 9.48. The van der Waals surface area contributed by atoms with Crippen molar-refractivity contribution in [2.75, 3.05) is 25.5 Å². The highest BCUT2D eigenvalue weighted by molar-refractivity contribution is 5.81. The molecule has 2 aliphatic heterocycles. The van der Waals surface area contributed by atoms with Crippen molar-refractivity contribution in [2.24, 2.45) is 5.92 Å². The third-order valence-electron chi connectivity index (χ3n) is 9.87. The minimum atomic E-state index is -0.944. The van der Waals surface area contributed by atoms with E-state index in [0.717, 1.165) is 48.7 Å². The summed E-state index contributed by atoms with van der Waals surface area (Å²) in [6.07, 6.45) is 5.90. The zero-order valence-electron chi connectivity index (χ0n) is 21.7. The first kappa shape index (κ1) is 24.0. The van der Waals surface area contributed by atoms with Gasteiger partial charge < -0.3 is 25.2 Å². The van der Waals surface area contributed by atoms with Crippen LogP contribution in [0.3, 0.4) is 0 Å². The number of carbonyl (C=O) groups is 2. The molecule has 2 unspecified atom stereocenters. The van der Waals surface area contributed by atoms with Crippen molar-refractivity contribution in [1.82, 2.24) is 10.2 Å². The predicted molar refractivity (Wildman–Crippen MR) is 141 cm³/mol. The summed E-state index contributed by atoms with van der Waals surface area (Å²) in [5, 5.41) is 18.7. The van der Waals surface area contributed by atoms with Gasteiger partial charge in [0.15, 0.2) is 0 Å². The number of amides is 2. The second-order valence-electron chi connectivity index (χ2n) is 11.8. The molecule has 2 amide bonds. The zero-order valence-corrected chi connectivity index (χ0v) is 21.7. The van der Waals surface area contributed by atoms with E-state index >= 15 is 0 Å². The van der Waals surface area contributed by atoms with Crippen LogP contribution in [0.5, 0.6) is 11.5 Å². The molecule has 3 aliphatic carbocycles. The van der Waals surface area contributed by atoms with E-state index in [1.165, 1.54) is 18.4 Å². The van der Waals surface area contributed by atoms with Crippen molar-refractivity contribution in [3.8, 4) is 11.5 Å². The molecule has 200 valence electrons. The molecular weight excluding hydrogens is 482 g/mol. The van der Waals surface area contributed by atoms with Crippen molar-refractivity contribution >= 4 is 18.0 Å². The molecule has 2 aromatic rings. The molecule has 1 saturated heterocycles. The first-order chi connectivity index (χ1) is 18.5.